The van der Waals surface area contributed by atoms with Crippen LogP contribution in [0.2, 0.25) is 0 Å². The van der Waals surface area contributed by atoms with Gasteiger partial charge in [0.05, 0.1) is 5.92 Å². The smallest absolute Gasteiger partial charge is 0.224 e. The third-order valence-corrected chi connectivity index (χ3v) is 5.54. The molecule has 142 valence electrons. The largest absolute Gasteiger partial charge is 0.369 e. The number of nitrogens with zero attached hydrogens (tertiary/aromatic N) is 1. The molecule has 1 aromatic rings. The number of hydrogen-bond donors (Lipinski definition) is 3. The van der Waals surface area contributed by atoms with Crippen LogP contribution in [-0.4, -0.2) is 42.9 Å². The molecule has 2 atom stereocenters. The SMILES string of the molecule is NC(=O)C1CCCN(Cc2ccccc2NC(=O)CCC2CCNC2)C1. The summed E-state index contributed by atoms with van der Waals surface area (Å²) < 4.78 is 0. The molecular weight excluding hydrogens is 328 g/mol. The summed E-state index contributed by atoms with van der Waals surface area (Å²) in [5, 5.41) is 6.42. The van der Waals surface area contributed by atoms with Crippen molar-refractivity contribution in [2.24, 2.45) is 17.6 Å². The summed E-state index contributed by atoms with van der Waals surface area (Å²) in [7, 11) is 0. The Morgan fingerprint density at radius 1 is 1.27 bits per heavy atom. The van der Waals surface area contributed by atoms with Gasteiger partial charge in [-0.2, -0.15) is 0 Å². The molecule has 0 radical (unpaired) electrons. The highest BCUT2D eigenvalue weighted by molar-refractivity contribution is 5.91. The number of hydrogen-bond acceptors (Lipinski definition) is 4. The second kappa shape index (κ2) is 9.14. The van der Waals surface area contributed by atoms with E-state index in [1.807, 2.05) is 24.3 Å². The number of para-hydroxylation sites is 1. The van der Waals surface area contributed by atoms with E-state index in [1.54, 1.807) is 0 Å². The minimum atomic E-state index is -0.210. The van der Waals surface area contributed by atoms with Gasteiger partial charge in [0.15, 0.2) is 0 Å². The lowest BCUT2D eigenvalue weighted by molar-refractivity contribution is -0.123. The van der Waals surface area contributed by atoms with Gasteiger partial charge in [0.25, 0.3) is 0 Å². The molecule has 2 amide bonds. The van der Waals surface area contributed by atoms with Crippen molar-refractivity contribution in [3.63, 3.8) is 0 Å². The van der Waals surface area contributed by atoms with E-state index in [0.29, 0.717) is 18.9 Å². The van der Waals surface area contributed by atoms with Crippen LogP contribution in [0, 0.1) is 11.8 Å². The fourth-order valence-electron chi connectivity index (χ4n) is 3.96. The van der Waals surface area contributed by atoms with Crippen LogP contribution in [0.1, 0.15) is 37.7 Å². The maximum Gasteiger partial charge on any atom is 0.224 e. The third kappa shape index (κ3) is 5.29. The van der Waals surface area contributed by atoms with Gasteiger partial charge in [-0.15, -0.1) is 0 Å². The van der Waals surface area contributed by atoms with Crippen LogP contribution in [0.15, 0.2) is 24.3 Å². The molecule has 1 aromatic carbocycles. The summed E-state index contributed by atoms with van der Waals surface area (Å²) in [5.74, 6) is 0.427. The standard InChI is InChI=1S/C20H30N4O2/c21-20(26)17-5-3-11-24(14-17)13-16-4-1-2-6-18(16)23-19(25)8-7-15-9-10-22-12-15/h1-2,4,6,15,17,22H,3,5,7-14H2,(H2,21,26)(H,23,25). The van der Waals surface area contributed by atoms with Crippen molar-refractivity contribution in [2.75, 3.05) is 31.5 Å². The zero-order chi connectivity index (χ0) is 18.4. The van der Waals surface area contributed by atoms with Gasteiger partial charge in [0.2, 0.25) is 11.8 Å². The van der Waals surface area contributed by atoms with Crippen LogP contribution in [0.25, 0.3) is 0 Å². The number of piperidine rings is 1. The first-order valence-electron chi connectivity index (χ1n) is 9.72. The Hall–Kier alpha value is -1.92. The Bertz CT molecular complexity index is 628. The zero-order valence-corrected chi connectivity index (χ0v) is 15.4. The number of rotatable bonds is 7. The Kier molecular flexibility index (Phi) is 6.63. The molecular formula is C20H30N4O2. The Balaban J connectivity index is 1.55. The van der Waals surface area contributed by atoms with Crippen LogP contribution >= 0.6 is 0 Å². The Morgan fingerprint density at radius 3 is 2.88 bits per heavy atom. The van der Waals surface area contributed by atoms with Crippen LogP contribution in [0.4, 0.5) is 5.69 Å². The monoisotopic (exact) mass is 358 g/mol. The summed E-state index contributed by atoms with van der Waals surface area (Å²) in [6.45, 7) is 4.48. The average molecular weight is 358 g/mol. The molecule has 2 aliphatic rings. The molecule has 2 saturated heterocycles. The van der Waals surface area contributed by atoms with E-state index in [1.165, 1.54) is 6.42 Å². The predicted molar refractivity (Wildman–Crippen MR) is 102 cm³/mol. The third-order valence-electron chi connectivity index (χ3n) is 5.54. The van der Waals surface area contributed by atoms with Crippen LogP contribution in [0.3, 0.4) is 0 Å². The molecule has 26 heavy (non-hydrogen) atoms. The normalized spacial score (nSPS) is 23.7. The summed E-state index contributed by atoms with van der Waals surface area (Å²) in [5.41, 5.74) is 7.45. The summed E-state index contributed by atoms with van der Waals surface area (Å²) >= 11 is 0. The zero-order valence-electron chi connectivity index (χ0n) is 15.4. The molecule has 2 fully saturated rings. The van der Waals surface area contributed by atoms with Crippen LogP contribution < -0.4 is 16.4 Å². The molecule has 6 nitrogen and oxygen atoms in total. The van der Waals surface area contributed by atoms with Crippen LogP contribution in [0.5, 0.6) is 0 Å². The second-order valence-corrected chi connectivity index (χ2v) is 7.58. The molecule has 2 aliphatic heterocycles. The quantitative estimate of drug-likeness (QED) is 0.692. The molecule has 2 unspecified atom stereocenters. The number of likely N-dealkylation sites (tertiary alicyclic amines) is 1. The summed E-state index contributed by atoms with van der Waals surface area (Å²) in [6.07, 6.45) is 4.53. The van der Waals surface area contributed by atoms with Gasteiger partial charge < -0.3 is 16.4 Å². The topological polar surface area (TPSA) is 87.5 Å². The minimum Gasteiger partial charge on any atom is -0.369 e. The van der Waals surface area contributed by atoms with Crippen molar-refractivity contribution < 1.29 is 9.59 Å². The molecule has 0 aliphatic carbocycles. The molecule has 4 N–H and O–H groups in total. The Labute approximate surface area is 155 Å². The summed E-state index contributed by atoms with van der Waals surface area (Å²) in [4.78, 5) is 26.1. The molecule has 0 spiro atoms. The maximum absolute atomic E-state index is 12.3. The van der Waals surface area contributed by atoms with Gasteiger partial charge in [-0.1, -0.05) is 18.2 Å². The first kappa shape index (κ1) is 18.9. The fraction of sp³-hybridized carbons (Fsp3) is 0.600. The van der Waals surface area contributed by atoms with Crippen LogP contribution in [-0.2, 0) is 16.1 Å². The first-order chi connectivity index (χ1) is 12.6. The maximum atomic E-state index is 12.3. The van der Waals surface area contributed by atoms with Crippen molar-refractivity contribution in [3.05, 3.63) is 29.8 Å². The highest BCUT2D eigenvalue weighted by atomic mass is 16.2. The number of amides is 2. The lowest BCUT2D eigenvalue weighted by atomic mass is 9.97. The summed E-state index contributed by atoms with van der Waals surface area (Å²) in [6, 6.07) is 7.94. The van der Waals surface area contributed by atoms with Crippen molar-refractivity contribution in [2.45, 2.75) is 38.6 Å². The second-order valence-electron chi connectivity index (χ2n) is 7.58. The fourth-order valence-corrected chi connectivity index (χ4v) is 3.96. The minimum absolute atomic E-state index is 0.0643. The van der Waals surface area contributed by atoms with Gasteiger partial charge in [0.1, 0.15) is 0 Å². The molecule has 0 bridgehead atoms. The predicted octanol–water partition coefficient (Wildman–Crippen LogP) is 1.71. The van der Waals surface area contributed by atoms with Crippen molar-refractivity contribution in [3.8, 4) is 0 Å². The highest BCUT2D eigenvalue weighted by Gasteiger charge is 2.24. The van der Waals surface area contributed by atoms with Gasteiger partial charge in [-0.05, 0) is 62.9 Å². The van der Waals surface area contributed by atoms with E-state index >= 15 is 0 Å². The number of anilines is 1. The lowest BCUT2D eigenvalue weighted by Gasteiger charge is -2.31. The van der Waals surface area contributed by atoms with Gasteiger partial charge in [-0.25, -0.2) is 0 Å². The van der Waals surface area contributed by atoms with E-state index in [0.717, 1.165) is 56.7 Å². The molecule has 6 heteroatoms. The number of benzene rings is 1. The van der Waals surface area contributed by atoms with Crippen molar-refractivity contribution in [1.29, 1.82) is 0 Å². The van der Waals surface area contributed by atoms with E-state index in [2.05, 4.69) is 15.5 Å². The molecule has 3 rings (SSSR count). The number of carbonyl (C=O) groups excluding carboxylic acids is 2. The van der Waals surface area contributed by atoms with Gasteiger partial charge in [0, 0.05) is 25.2 Å². The van der Waals surface area contributed by atoms with E-state index < -0.39 is 0 Å². The first-order valence-corrected chi connectivity index (χ1v) is 9.72. The molecule has 0 aromatic heterocycles. The number of nitrogens with two attached hydrogens (primary N) is 1. The number of carbonyl (C=O) groups is 2. The lowest BCUT2D eigenvalue weighted by Crippen LogP contribution is -2.40. The van der Waals surface area contributed by atoms with E-state index in [4.69, 9.17) is 5.73 Å². The van der Waals surface area contributed by atoms with E-state index in [9.17, 15) is 9.59 Å². The highest BCUT2D eigenvalue weighted by Crippen LogP contribution is 2.23. The van der Waals surface area contributed by atoms with Gasteiger partial charge >= 0.3 is 0 Å². The van der Waals surface area contributed by atoms with Gasteiger partial charge in [-0.3, -0.25) is 14.5 Å². The number of primary amides is 1. The number of nitrogens with one attached hydrogen (secondary N) is 2. The van der Waals surface area contributed by atoms with E-state index in [-0.39, 0.29) is 17.7 Å². The molecule has 2 heterocycles. The van der Waals surface area contributed by atoms with Crippen molar-refractivity contribution in [1.82, 2.24) is 10.2 Å². The van der Waals surface area contributed by atoms with Crippen molar-refractivity contribution >= 4 is 17.5 Å². The average Bonchev–Trinajstić information content (AvgIpc) is 3.15. The molecule has 0 saturated carbocycles. The Morgan fingerprint density at radius 2 is 2.12 bits per heavy atom.